The molecule has 4 heteroatoms. The Morgan fingerprint density at radius 3 is 2.53 bits per heavy atom. The molecule has 0 radical (unpaired) electrons. The molecule has 0 bridgehead atoms. The summed E-state index contributed by atoms with van der Waals surface area (Å²) in [4.78, 5) is 12.3. The van der Waals surface area contributed by atoms with Crippen molar-refractivity contribution >= 4 is 43.5 Å². The lowest BCUT2D eigenvalue weighted by atomic mass is 10.1. The van der Waals surface area contributed by atoms with Crippen molar-refractivity contribution in [2.24, 2.45) is 0 Å². The fourth-order valence-corrected chi connectivity index (χ4v) is 2.52. The van der Waals surface area contributed by atoms with Crippen LogP contribution in [-0.2, 0) is 0 Å². The minimum absolute atomic E-state index is 0.123. The van der Waals surface area contributed by atoms with Crippen molar-refractivity contribution in [3.05, 3.63) is 62.0 Å². The maximum atomic E-state index is 12.3. The Kier molecular flexibility index (Phi) is 4.42. The maximum absolute atomic E-state index is 12.3. The van der Waals surface area contributed by atoms with Crippen LogP contribution in [0.15, 0.2) is 45.3 Å². The van der Waals surface area contributed by atoms with E-state index in [-0.39, 0.29) is 5.91 Å². The molecule has 1 N–H and O–H groups in total. The molecule has 0 aliphatic rings. The molecule has 0 fully saturated rings. The van der Waals surface area contributed by atoms with Gasteiger partial charge in [-0.2, -0.15) is 0 Å². The molecule has 0 aromatic heterocycles. The van der Waals surface area contributed by atoms with Crippen LogP contribution in [0.25, 0.3) is 0 Å². The number of amides is 1. The van der Waals surface area contributed by atoms with E-state index >= 15 is 0 Å². The molecule has 0 atom stereocenters. The van der Waals surface area contributed by atoms with Crippen LogP contribution in [0.4, 0.5) is 5.69 Å². The summed E-state index contributed by atoms with van der Waals surface area (Å²) in [6.45, 7) is 3.98. The van der Waals surface area contributed by atoms with Gasteiger partial charge >= 0.3 is 0 Å². The van der Waals surface area contributed by atoms with Gasteiger partial charge in [0, 0.05) is 14.6 Å². The number of carbonyl (C=O) groups is 1. The normalized spacial score (nSPS) is 10.3. The Balaban J connectivity index is 2.30. The average molecular weight is 383 g/mol. The van der Waals surface area contributed by atoms with E-state index in [9.17, 15) is 4.79 Å². The summed E-state index contributed by atoms with van der Waals surface area (Å²) in [5.74, 6) is -0.123. The summed E-state index contributed by atoms with van der Waals surface area (Å²) in [6, 6.07) is 11.5. The molecule has 0 heterocycles. The second-order valence-electron chi connectivity index (χ2n) is 4.40. The molecule has 0 saturated carbocycles. The number of nitrogens with one attached hydrogen (secondary N) is 1. The molecule has 0 spiro atoms. The van der Waals surface area contributed by atoms with Crippen LogP contribution in [0.3, 0.4) is 0 Å². The van der Waals surface area contributed by atoms with Crippen molar-refractivity contribution < 1.29 is 4.79 Å². The summed E-state index contributed by atoms with van der Waals surface area (Å²) in [5, 5.41) is 2.95. The molecule has 0 aliphatic carbocycles. The maximum Gasteiger partial charge on any atom is 0.256 e. The molecule has 2 aromatic rings. The highest BCUT2D eigenvalue weighted by Crippen LogP contribution is 2.24. The molecule has 2 rings (SSSR count). The molecule has 0 unspecified atom stereocenters. The third kappa shape index (κ3) is 3.45. The first-order valence-corrected chi connectivity index (χ1v) is 7.39. The standard InChI is InChI=1S/C15H13Br2NO/c1-9-3-4-10(2)14(7-9)18-15(19)12-8-11(16)5-6-13(12)17/h3-8H,1-2H3,(H,18,19). The Labute approximate surface area is 129 Å². The predicted octanol–water partition coefficient (Wildman–Crippen LogP) is 5.08. The number of benzene rings is 2. The lowest BCUT2D eigenvalue weighted by Crippen LogP contribution is -2.13. The summed E-state index contributed by atoms with van der Waals surface area (Å²) in [6.07, 6.45) is 0. The first-order valence-electron chi connectivity index (χ1n) is 5.81. The number of hydrogen-bond acceptors (Lipinski definition) is 1. The lowest BCUT2D eigenvalue weighted by molar-refractivity contribution is 0.102. The van der Waals surface area contributed by atoms with E-state index in [2.05, 4.69) is 37.2 Å². The van der Waals surface area contributed by atoms with Crippen LogP contribution >= 0.6 is 31.9 Å². The molecule has 2 nitrogen and oxygen atoms in total. The van der Waals surface area contributed by atoms with Crippen molar-refractivity contribution in [3.8, 4) is 0 Å². The van der Waals surface area contributed by atoms with Crippen LogP contribution < -0.4 is 5.32 Å². The molecule has 2 aromatic carbocycles. The molecular weight excluding hydrogens is 370 g/mol. The van der Waals surface area contributed by atoms with Crippen molar-refractivity contribution in [2.45, 2.75) is 13.8 Å². The van der Waals surface area contributed by atoms with Crippen LogP contribution in [-0.4, -0.2) is 5.91 Å². The van der Waals surface area contributed by atoms with Gasteiger partial charge < -0.3 is 5.32 Å². The zero-order chi connectivity index (χ0) is 14.0. The summed E-state index contributed by atoms with van der Waals surface area (Å²) in [5.41, 5.74) is 3.62. The third-order valence-corrected chi connectivity index (χ3v) is 4.00. The van der Waals surface area contributed by atoms with E-state index in [1.165, 1.54) is 0 Å². The molecule has 19 heavy (non-hydrogen) atoms. The van der Waals surface area contributed by atoms with E-state index in [0.717, 1.165) is 25.8 Å². The van der Waals surface area contributed by atoms with E-state index in [1.54, 1.807) is 6.07 Å². The fourth-order valence-electron chi connectivity index (χ4n) is 1.73. The highest BCUT2D eigenvalue weighted by Gasteiger charge is 2.12. The first-order chi connectivity index (χ1) is 8.97. The van der Waals surface area contributed by atoms with Crippen LogP contribution in [0, 0.1) is 13.8 Å². The van der Waals surface area contributed by atoms with Gasteiger partial charge in [-0.05, 0) is 65.2 Å². The first kappa shape index (κ1) is 14.3. The van der Waals surface area contributed by atoms with Crippen LogP contribution in [0.5, 0.6) is 0 Å². The van der Waals surface area contributed by atoms with Crippen LogP contribution in [0.1, 0.15) is 21.5 Å². The van der Waals surface area contributed by atoms with Crippen molar-refractivity contribution in [2.75, 3.05) is 5.32 Å². The van der Waals surface area contributed by atoms with E-state index < -0.39 is 0 Å². The van der Waals surface area contributed by atoms with Gasteiger partial charge in [-0.3, -0.25) is 4.79 Å². The zero-order valence-electron chi connectivity index (χ0n) is 10.6. The van der Waals surface area contributed by atoms with Gasteiger partial charge in [0.1, 0.15) is 0 Å². The van der Waals surface area contributed by atoms with Gasteiger partial charge in [0.05, 0.1) is 5.56 Å². The molecule has 98 valence electrons. The van der Waals surface area contributed by atoms with Crippen molar-refractivity contribution in [3.63, 3.8) is 0 Å². The highest BCUT2D eigenvalue weighted by molar-refractivity contribution is 9.11. The Bertz CT molecular complexity index is 638. The number of rotatable bonds is 2. The van der Waals surface area contributed by atoms with Gasteiger partial charge in [-0.25, -0.2) is 0 Å². The number of anilines is 1. The second kappa shape index (κ2) is 5.88. The molecular formula is C15H13Br2NO. The van der Waals surface area contributed by atoms with Gasteiger partial charge in [-0.1, -0.05) is 28.1 Å². The minimum Gasteiger partial charge on any atom is -0.322 e. The zero-order valence-corrected chi connectivity index (χ0v) is 13.8. The van der Waals surface area contributed by atoms with Gasteiger partial charge in [0.25, 0.3) is 5.91 Å². The monoisotopic (exact) mass is 381 g/mol. The third-order valence-electron chi connectivity index (χ3n) is 2.81. The lowest BCUT2D eigenvalue weighted by Gasteiger charge is -2.10. The minimum atomic E-state index is -0.123. The summed E-state index contributed by atoms with van der Waals surface area (Å²) >= 11 is 6.77. The van der Waals surface area contributed by atoms with E-state index in [4.69, 9.17) is 0 Å². The summed E-state index contributed by atoms with van der Waals surface area (Å²) in [7, 11) is 0. The van der Waals surface area contributed by atoms with Crippen molar-refractivity contribution in [1.82, 2.24) is 0 Å². The second-order valence-corrected chi connectivity index (χ2v) is 6.17. The Morgan fingerprint density at radius 1 is 1.05 bits per heavy atom. The van der Waals surface area contributed by atoms with Gasteiger partial charge in [-0.15, -0.1) is 0 Å². The molecule has 0 saturated heterocycles. The van der Waals surface area contributed by atoms with Crippen LogP contribution in [0.2, 0.25) is 0 Å². The smallest absolute Gasteiger partial charge is 0.256 e. The summed E-state index contributed by atoms with van der Waals surface area (Å²) < 4.78 is 1.65. The Hall–Kier alpha value is -1.13. The Morgan fingerprint density at radius 2 is 1.79 bits per heavy atom. The number of halogens is 2. The quantitative estimate of drug-likeness (QED) is 0.770. The topological polar surface area (TPSA) is 29.1 Å². The fraction of sp³-hybridized carbons (Fsp3) is 0.133. The molecule has 1 amide bonds. The average Bonchev–Trinajstić information content (AvgIpc) is 2.36. The number of hydrogen-bond donors (Lipinski definition) is 1. The SMILES string of the molecule is Cc1ccc(C)c(NC(=O)c2cc(Br)ccc2Br)c1. The van der Waals surface area contributed by atoms with Gasteiger partial charge in [0.15, 0.2) is 0 Å². The predicted molar refractivity (Wildman–Crippen MR) is 85.7 cm³/mol. The van der Waals surface area contributed by atoms with Gasteiger partial charge in [0.2, 0.25) is 0 Å². The highest BCUT2D eigenvalue weighted by atomic mass is 79.9. The van der Waals surface area contributed by atoms with E-state index in [0.29, 0.717) is 5.56 Å². The largest absolute Gasteiger partial charge is 0.322 e. The number of carbonyl (C=O) groups excluding carboxylic acids is 1. The molecule has 0 aliphatic heterocycles. The number of aryl methyl sites for hydroxylation is 2. The van der Waals surface area contributed by atoms with E-state index in [1.807, 2.05) is 44.2 Å². The van der Waals surface area contributed by atoms with Crippen molar-refractivity contribution in [1.29, 1.82) is 0 Å².